The van der Waals surface area contributed by atoms with E-state index in [1.807, 2.05) is 54.3 Å². The SMILES string of the molecule is CCN(CC(CCOC(C)=O)OC(C)=O)c1cccc(NC(=O)c2ccccc2)c1. The van der Waals surface area contributed by atoms with Gasteiger partial charge < -0.3 is 19.7 Å². The Morgan fingerprint density at radius 2 is 1.73 bits per heavy atom. The molecular weight excluding hydrogens is 384 g/mol. The van der Waals surface area contributed by atoms with Gasteiger partial charge in [-0.15, -0.1) is 0 Å². The van der Waals surface area contributed by atoms with Crippen molar-refractivity contribution < 1.29 is 23.9 Å². The van der Waals surface area contributed by atoms with Gasteiger partial charge in [-0.25, -0.2) is 0 Å². The molecule has 7 heteroatoms. The summed E-state index contributed by atoms with van der Waals surface area (Å²) in [5.41, 5.74) is 2.13. The molecule has 2 aromatic rings. The van der Waals surface area contributed by atoms with Crippen LogP contribution < -0.4 is 10.2 Å². The van der Waals surface area contributed by atoms with Gasteiger partial charge in [0.2, 0.25) is 0 Å². The smallest absolute Gasteiger partial charge is 0.302 e. The van der Waals surface area contributed by atoms with Crippen molar-refractivity contribution in [3.63, 3.8) is 0 Å². The lowest BCUT2D eigenvalue weighted by atomic mass is 10.2. The zero-order valence-corrected chi connectivity index (χ0v) is 17.6. The molecule has 30 heavy (non-hydrogen) atoms. The molecule has 0 saturated carbocycles. The van der Waals surface area contributed by atoms with Gasteiger partial charge in [-0.3, -0.25) is 14.4 Å². The van der Waals surface area contributed by atoms with Gasteiger partial charge in [0.25, 0.3) is 5.91 Å². The summed E-state index contributed by atoms with van der Waals surface area (Å²) in [6.45, 7) is 5.97. The molecule has 7 nitrogen and oxygen atoms in total. The van der Waals surface area contributed by atoms with Gasteiger partial charge >= 0.3 is 11.9 Å². The molecule has 0 aliphatic carbocycles. The number of rotatable bonds is 10. The molecule has 0 radical (unpaired) electrons. The Bertz CT molecular complexity index is 854. The van der Waals surface area contributed by atoms with Crippen molar-refractivity contribution in [2.75, 3.05) is 29.9 Å². The van der Waals surface area contributed by atoms with Crippen LogP contribution in [0.25, 0.3) is 0 Å². The summed E-state index contributed by atoms with van der Waals surface area (Å²) in [5.74, 6) is -0.941. The maximum Gasteiger partial charge on any atom is 0.302 e. The monoisotopic (exact) mass is 412 g/mol. The number of benzene rings is 2. The summed E-state index contributed by atoms with van der Waals surface area (Å²) in [6.07, 6.45) is -0.0236. The van der Waals surface area contributed by atoms with Gasteiger partial charge in [0, 0.05) is 43.8 Å². The third-order valence-corrected chi connectivity index (χ3v) is 4.39. The molecule has 2 rings (SSSR count). The van der Waals surface area contributed by atoms with E-state index in [1.54, 1.807) is 12.1 Å². The Kier molecular flexibility index (Phi) is 8.87. The molecule has 0 fully saturated rings. The van der Waals surface area contributed by atoms with Crippen LogP contribution in [0.3, 0.4) is 0 Å². The normalized spacial score (nSPS) is 11.3. The van der Waals surface area contributed by atoms with Crippen molar-refractivity contribution in [1.29, 1.82) is 0 Å². The van der Waals surface area contributed by atoms with Crippen molar-refractivity contribution in [3.8, 4) is 0 Å². The Morgan fingerprint density at radius 3 is 2.37 bits per heavy atom. The summed E-state index contributed by atoms with van der Waals surface area (Å²) in [7, 11) is 0. The van der Waals surface area contributed by atoms with Crippen LogP contribution in [0.15, 0.2) is 54.6 Å². The number of carbonyl (C=O) groups excluding carboxylic acids is 3. The van der Waals surface area contributed by atoms with E-state index >= 15 is 0 Å². The maximum atomic E-state index is 12.4. The Hall–Kier alpha value is -3.35. The number of carbonyl (C=O) groups is 3. The molecule has 0 bridgehead atoms. The molecule has 0 aromatic heterocycles. The van der Waals surface area contributed by atoms with Crippen LogP contribution in [0.1, 0.15) is 37.6 Å². The lowest BCUT2D eigenvalue weighted by Crippen LogP contribution is -2.35. The molecule has 160 valence electrons. The number of hydrogen-bond acceptors (Lipinski definition) is 6. The number of hydrogen-bond donors (Lipinski definition) is 1. The van der Waals surface area contributed by atoms with Gasteiger partial charge in [0.1, 0.15) is 6.10 Å². The van der Waals surface area contributed by atoms with Crippen LogP contribution in [-0.4, -0.2) is 43.6 Å². The second-order valence-electron chi connectivity index (χ2n) is 6.77. The number of likely N-dealkylation sites (N-methyl/N-ethyl adjacent to an activating group) is 1. The average Bonchev–Trinajstić information content (AvgIpc) is 2.72. The van der Waals surface area contributed by atoms with Gasteiger partial charge in [-0.2, -0.15) is 0 Å². The summed E-state index contributed by atoms with van der Waals surface area (Å²) in [6, 6.07) is 16.5. The second-order valence-corrected chi connectivity index (χ2v) is 6.77. The van der Waals surface area contributed by atoms with Crippen molar-refractivity contribution in [1.82, 2.24) is 0 Å². The van der Waals surface area contributed by atoms with Gasteiger partial charge in [0.15, 0.2) is 0 Å². The molecule has 0 heterocycles. The summed E-state index contributed by atoms with van der Waals surface area (Å²) < 4.78 is 10.4. The molecular formula is C23H28N2O5. The fourth-order valence-corrected chi connectivity index (χ4v) is 2.99. The summed E-state index contributed by atoms with van der Waals surface area (Å²) in [5, 5.41) is 2.90. The van der Waals surface area contributed by atoms with E-state index in [0.29, 0.717) is 30.8 Å². The molecule has 0 aliphatic rings. The first-order valence-electron chi connectivity index (χ1n) is 9.91. The van der Waals surface area contributed by atoms with E-state index in [0.717, 1.165) is 5.69 Å². The lowest BCUT2D eigenvalue weighted by molar-refractivity contribution is -0.148. The highest BCUT2D eigenvalue weighted by Gasteiger charge is 2.18. The first kappa shape index (κ1) is 22.9. The van der Waals surface area contributed by atoms with Crippen molar-refractivity contribution in [2.45, 2.75) is 33.3 Å². The van der Waals surface area contributed by atoms with Crippen LogP contribution >= 0.6 is 0 Å². The van der Waals surface area contributed by atoms with Crippen LogP contribution in [-0.2, 0) is 19.1 Å². The van der Waals surface area contributed by atoms with Crippen LogP contribution in [0.2, 0.25) is 0 Å². The molecule has 1 N–H and O–H groups in total. The predicted molar refractivity (Wildman–Crippen MR) is 116 cm³/mol. The predicted octanol–water partition coefficient (Wildman–Crippen LogP) is 3.65. The lowest BCUT2D eigenvalue weighted by Gasteiger charge is -2.28. The van der Waals surface area contributed by atoms with E-state index in [9.17, 15) is 14.4 Å². The average molecular weight is 412 g/mol. The molecule has 0 saturated heterocycles. The minimum absolute atomic E-state index is 0.179. The van der Waals surface area contributed by atoms with E-state index in [4.69, 9.17) is 9.47 Å². The molecule has 0 spiro atoms. The number of nitrogens with zero attached hydrogens (tertiary/aromatic N) is 1. The Morgan fingerprint density at radius 1 is 1.00 bits per heavy atom. The fraction of sp³-hybridized carbons (Fsp3) is 0.348. The van der Waals surface area contributed by atoms with E-state index in [1.165, 1.54) is 13.8 Å². The molecule has 1 unspecified atom stereocenters. The number of nitrogens with one attached hydrogen (secondary N) is 1. The third kappa shape index (κ3) is 7.58. The molecule has 2 aromatic carbocycles. The first-order valence-corrected chi connectivity index (χ1v) is 9.91. The zero-order chi connectivity index (χ0) is 21.9. The maximum absolute atomic E-state index is 12.4. The number of esters is 2. The highest BCUT2D eigenvalue weighted by molar-refractivity contribution is 6.04. The van der Waals surface area contributed by atoms with Crippen molar-refractivity contribution >= 4 is 29.2 Å². The Balaban J connectivity index is 2.08. The minimum Gasteiger partial charge on any atom is -0.466 e. The van der Waals surface area contributed by atoms with Gasteiger partial charge in [0.05, 0.1) is 13.2 Å². The molecule has 0 aliphatic heterocycles. The van der Waals surface area contributed by atoms with E-state index < -0.39 is 6.10 Å². The molecule has 1 atom stereocenters. The Labute approximate surface area is 177 Å². The largest absolute Gasteiger partial charge is 0.466 e. The van der Waals surface area contributed by atoms with Gasteiger partial charge in [-0.05, 0) is 37.3 Å². The van der Waals surface area contributed by atoms with Crippen molar-refractivity contribution in [2.24, 2.45) is 0 Å². The third-order valence-electron chi connectivity index (χ3n) is 4.39. The van der Waals surface area contributed by atoms with E-state index in [2.05, 4.69) is 5.32 Å². The topological polar surface area (TPSA) is 84.9 Å². The molecule has 1 amide bonds. The van der Waals surface area contributed by atoms with E-state index in [-0.39, 0.29) is 24.5 Å². The number of ether oxygens (including phenoxy) is 2. The number of anilines is 2. The standard InChI is InChI=1S/C23H28N2O5/c1-4-25(16-22(30-18(3)27)13-14-29-17(2)26)21-12-8-11-20(15-21)24-23(28)19-9-6-5-7-10-19/h5-12,15,22H,4,13-14,16H2,1-3H3,(H,24,28). The fourth-order valence-electron chi connectivity index (χ4n) is 2.99. The highest BCUT2D eigenvalue weighted by Crippen LogP contribution is 2.21. The zero-order valence-electron chi connectivity index (χ0n) is 17.6. The second kappa shape index (κ2) is 11.6. The van der Waals surface area contributed by atoms with Crippen LogP contribution in [0.5, 0.6) is 0 Å². The van der Waals surface area contributed by atoms with Crippen LogP contribution in [0.4, 0.5) is 11.4 Å². The quantitative estimate of drug-likeness (QED) is 0.600. The first-order chi connectivity index (χ1) is 14.4. The summed E-state index contributed by atoms with van der Waals surface area (Å²) in [4.78, 5) is 36.9. The van der Waals surface area contributed by atoms with Crippen molar-refractivity contribution in [3.05, 3.63) is 60.2 Å². The summed E-state index contributed by atoms with van der Waals surface area (Å²) >= 11 is 0. The number of amides is 1. The highest BCUT2D eigenvalue weighted by atomic mass is 16.6. The van der Waals surface area contributed by atoms with Crippen LogP contribution in [0, 0.1) is 0 Å². The van der Waals surface area contributed by atoms with Gasteiger partial charge in [-0.1, -0.05) is 24.3 Å². The minimum atomic E-state index is -0.427.